The van der Waals surface area contributed by atoms with E-state index in [0.29, 0.717) is 34.4 Å². The lowest BCUT2D eigenvalue weighted by Gasteiger charge is -2.14. The van der Waals surface area contributed by atoms with Crippen molar-refractivity contribution < 1.29 is 19.1 Å². The molecule has 2 rings (SSSR count). The molecule has 1 saturated heterocycles. The van der Waals surface area contributed by atoms with Gasteiger partial charge in [0.25, 0.3) is 5.91 Å². The lowest BCUT2D eigenvalue weighted by molar-refractivity contribution is -0.305. The Balaban J connectivity index is 1.86. The molecule has 0 aromatic carbocycles. The number of hydrogen-bond acceptors (Lipinski definition) is 6. The van der Waals surface area contributed by atoms with Crippen molar-refractivity contribution in [2.75, 3.05) is 6.54 Å². The van der Waals surface area contributed by atoms with Crippen LogP contribution in [0.5, 0.6) is 0 Å². The first-order chi connectivity index (χ1) is 10.1. The molecule has 1 fully saturated rings. The second-order valence-electron chi connectivity index (χ2n) is 4.53. The quantitative estimate of drug-likeness (QED) is 0.432. The maximum atomic E-state index is 12.2. The Bertz CT molecular complexity index is 566. The molecule has 7 heteroatoms. The van der Waals surface area contributed by atoms with Gasteiger partial charge in [-0.15, -0.1) is 0 Å². The lowest BCUT2D eigenvalue weighted by atomic mass is 10.2. The summed E-state index contributed by atoms with van der Waals surface area (Å²) in [5, 5.41) is 10.3. The molecule has 0 N–H and O–H groups in total. The number of nitrogens with zero attached hydrogens (tertiary/aromatic N) is 1. The fraction of sp³-hybridized carbons (Fsp3) is 0.357. The van der Waals surface area contributed by atoms with E-state index in [1.165, 1.54) is 11.8 Å². The highest BCUT2D eigenvalue weighted by molar-refractivity contribution is 8.26. The zero-order chi connectivity index (χ0) is 15.2. The normalized spacial score (nSPS) is 17.0. The van der Waals surface area contributed by atoms with Crippen molar-refractivity contribution in [3.63, 3.8) is 0 Å². The third-order valence-electron chi connectivity index (χ3n) is 2.95. The largest absolute Gasteiger partial charge is 0.550 e. The fourth-order valence-corrected chi connectivity index (χ4v) is 3.20. The summed E-state index contributed by atoms with van der Waals surface area (Å²) in [4.78, 5) is 24.6. The Kier molecular flexibility index (Phi) is 5.58. The average molecular weight is 324 g/mol. The summed E-state index contributed by atoms with van der Waals surface area (Å²) in [6.45, 7) is 0.507. The molecule has 112 valence electrons. The minimum absolute atomic E-state index is 0.0524. The molecule has 1 aromatic heterocycles. The number of thioether (sulfide) groups is 1. The second-order valence-corrected chi connectivity index (χ2v) is 6.21. The van der Waals surface area contributed by atoms with Gasteiger partial charge in [0.1, 0.15) is 10.1 Å². The average Bonchev–Trinajstić information content (AvgIpc) is 3.01. The zero-order valence-corrected chi connectivity index (χ0v) is 12.9. The van der Waals surface area contributed by atoms with Gasteiger partial charge in [-0.2, -0.15) is 0 Å². The number of amides is 1. The van der Waals surface area contributed by atoms with Gasteiger partial charge in [0, 0.05) is 18.6 Å². The molecule has 0 saturated carbocycles. The maximum absolute atomic E-state index is 12.2. The SMILES string of the molecule is O=C([O-])CCCCCN1C(=O)C(=Cc2ccco2)SC1=S. The number of furan rings is 1. The van der Waals surface area contributed by atoms with Gasteiger partial charge in [0.15, 0.2) is 0 Å². The highest BCUT2D eigenvalue weighted by Crippen LogP contribution is 2.32. The van der Waals surface area contributed by atoms with Crippen LogP contribution in [0.4, 0.5) is 0 Å². The molecule has 21 heavy (non-hydrogen) atoms. The number of thiocarbonyl (C=S) groups is 1. The number of rotatable bonds is 7. The van der Waals surface area contributed by atoms with Gasteiger partial charge in [-0.05, 0) is 31.4 Å². The van der Waals surface area contributed by atoms with Crippen LogP contribution in [0, 0.1) is 0 Å². The molecule has 0 atom stereocenters. The number of aliphatic carboxylic acids is 1. The molecule has 2 heterocycles. The smallest absolute Gasteiger partial charge is 0.266 e. The molecule has 0 unspecified atom stereocenters. The zero-order valence-electron chi connectivity index (χ0n) is 11.2. The second kappa shape index (κ2) is 7.42. The van der Waals surface area contributed by atoms with E-state index in [9.17, 15) is 14.7 Å². The molecule has 5 nitrogen and oxygen atoms in total. The van der Waals surface area contributed by atoms with E-state index in [1.807, 2.05) is 0 Å². The Morgan fingerprint density at radius 2 is 2.24 bits per heavy atom. The lowest BCUT2D eigenvalue weighted by Crippen LogP contribution is -2.29. The number of unbranched alkanes of at least 4 members (excludes halogenated alkanes) is 2. The maximum Gasteiger partial charge on any atom is 0.266 e. The Morgan fingerprint density at radius 3 is 2.90 bits per heavy atom. The van der Waals surface area contributed by atoms with E-state index in [0.717, 1.165) is 6.42 Å². The van der Waals surface area contributed by atoms with Crippen molar-refractivity contribution in [3.05, 3.63) is 29.1 Å². The van der Waals surface area contributed by atoms with E-state index in [1.54, 1.807) is 29.4 Å². The summed E-state index contributed by atoms with van der Waals surface area (Å²) in [6, 6.07) is 3.52. The van der Waals surface area contributed by atoms with Crippen LogP contribution < -0.4 is 5.11 Å². The third kappa shape index (κ3) is 4.44. The highest BCUT2D eigenvalue weighted by atomic mass is 32.2. The predicted molar refractivity (Wildman–Crippen MR) is 82.1 cm³/mol. The molecule has 0 aliphatic carbocycles. The minimum atomic E-state index is -1.04. The van der Waals surface area contributed by atoms with E-state index in [2.05, 4.69) is 0 Å². The van der Waals surface area contributed by atoms with E-state index in [4.69, 9.17) is 16.6 Å². The Labute approximate surface area is 132 Å². The Morgan fingerprint density at radius 1 is 1.43 bits per heavy atom. The summed E-state index contributed by atoms with van der Waals surface area (Å²) in [6.07, 6.45) is 5.27. The minimum Gasteiger partial charge on any atom is -0.550 e. The highest BCUT2D eigenvalue weighted by Gasteiger charge is 2.31. The third-order valence-corrected chi connectivity index (χ3v) is 4.33. The van der Waals surface area contributed by atoms with Crippen molar-refractivity contribution in [3.8, 4) is 0 Å². The molecule has 0 radical (unpaired) electrons. The summed E-state index contributed by atoms with van der Waals surface area (Å²) in [5.41, 5.74) is 0. The first kappa shape index (κ1) is 15.8. The van der Waals surface area contributed by atoms with E-state index < -0.39 is 5.97 Å². The molecule has 0 spiro atoms. The fourth-order valence-electron chi connectivity index (χ4n) is 1.91. The molecule has 1 aliphatic rings. The van der Waals surface area contributed by atoms with Crippen LogP contribution in [0.2, 0.25) is 0 Å². The molecule has 1 aromatic rings. The molecule has 1 aliphatic heterocycles. The number of hydrogen-bond donors (Lipinski definition) is 0. The van der Waals surface area contributed by atoms with Crippen LogP contribution in [-0.2, 0) is 9.59 Å². The predicted octanol–water partition coefficient (Wildman–Crippen LogP) is 1.79. The van der Waals surface area contributed by atoms with Crippen molar-refractivity contribution in [1.82, 2.24) is 4.90 Å². The van der Waals surface area contributed by atoms with Gasteiger partial charge in [-0.25, -0.2) is 0 Å². The number of carbonyl (C=O) groups excluding carboxylic acids is 2. The molecule has 0 bridgehead atoms. The van der Waals surface area contributed by atoms with Crippen LogP contribution in [0.1, 0.15) is 31.4 Å². The number of carboxylic acid groups (broad SMARTS) is 1. The first-order valence-corrected chi connectivity index (χ1v) is 7.79. The molecular formula is C14H14NO4S2-. The van der Waals surface area contributed by atoms with Crippen molar-refractivity contribution in [1.29, 1.82) is 0 Å². The molecular weight excluding hydrogens is 310 g/mol. The summed E-state index contributed by atoms with van der Waals surface area (Å²) in [5.74, 6) is -0.548. The standard InChI is InChI=1S/C14H15NO4S2/c16-12(17)6-2-1-3-7-15-13(18)11(21-14(15)20)9-10-5-4-8-19-10/h4-5,8-9H,1-3,6-7H2,(H,16,17)/p-1. The van der Waals surface area contributed by atoms with Crippen molar-refractivity contribution >= 4 is 46.3 Å². The Hall–Kier alpha value is -1.60. The van der Waals surface area contributed by atoms with Crippen molar-refractivity contribution in [2.45, 2.75) is 25.7 Å². The van der Waals surface area contributed by atoms with Gasteiger partial charge >= 0.3 is 0 Å². The monoisotopic (exact) mass is 324 g/mol. The van der Waals surface area contributed by atoms with Crippen LogP contribution in [-0.4, -0.2) is 27.6 Å². The number of carboxylic acids is 1. The van der Waals surface area contributed by atoms with Crippen LogP contribution in [0.3, 0.4) is 0 Å². The topological polar surface area (TPSA) is 73.6 Å². The van der Waals surface area contributed by atoms with Gasteiger partial charge in [0.2, 0.25) is 0 Å². The molecule has 1 amide bonds. The first-order valence-electron chi connectivity index (χ1n) is 6.56. The van der Waals surface area contributed by atoms with Crippen LogP contribution in [0.25, 0.3) is 6.08 Å². The summed E-state index contributed by atoms with van der Waals surface area (Å²) >= 11 is 6.46. The summed E-state index contributed by atoms with van der Waals surface area (Å²) < 4.78 is 5.71. The van der Waals surface area contributed by atoms with Gasteiger partial charge in [0.05, 0.1) is 11.2 Å². The van der Waals surface area contributed by atoms with Crippen LogP contribution >= 0.6 is 24.0 Å². The van der Waals surface area contributed by atoms with Gasteiger partial charge in [-0.3, -0.25) is 9.69 Å². The van der Waals surface area contributed by atoms with E-state index in [-0.39, 0.29) is 12.3 Å². The van der Waals surface area contributed by atoms with Gasteiger partial charge in [-0.1, -0.05) is 30.4 Å². The van der Waals surface area contributed by atoms with Crippen molar-refractivity contribution in [2.24, 2.45) is 0 Å². The van der Waals surface area contributed by atoms with Crippen LogP contribution in [0.15, 0.2) is 27.7 Å². The summed E-state index contributed by atoms with van der Waals surface area (Å²) in [7, 11) is 0. The van der Waals surface area contributed by atoms with Gasteiger partial charge < -0.3 is 14.3 Å². The van der Waals surface area contributed by atoms with E-state index >= 15 is 0 Å². The number of carbonyl (C=O) groups is 2.